The molecule has 0 spiro atoms. The van der Waals surface area contributed by atoms with E-state index < -0.39 is 18.0 Å². The number of esters is 1. The maximum absolute atomic E-state index is 12.8. The van der Waals surface area contributed by atoms with Gasteiger partial charge in [0.1, 0.15) is 0 Å². The highest BCUT2D eigenvalue weighted by molar-refractivity contribution is 7.98. The molecule has 2 heterocycles. The number of hydrogen-bond donors (Lipinski definition) is 1. The van der Waals surface area contributed by atoms with Gasteiger partial charge in [-0.25, -0.2) is 0 Å². The summed E-state index contributed by atoms with van der Waals surface area (Å²) in [4.78, 5) is 43.7. The van der Waals surface area contributed by atoms with Gasteiger partial charge in [0.25, 0.3) is 0 Å². The molecule has 3 aromatic rings. The molecule has 7 heteroatoms. The summed E-state index contributed by atoms with van der Waals surface area (Å²) in [7, 11) is 0. The lowest BCUT2D eigenvalue weighted by Gasteiger charge is -2.18. The van der Waals surface area contributed by atoms with Crippen molar-refractivity contribution in [2.75, 3.05) is 17.7 Å². The number of para-hydroxylation sites is 1. The van der Waals surface area contributed by atoms with Gasteiger partial charge in [-0.15, -0.1) is 11.8 Å². The van der Waals surface area contributed by atoms with Crippen LogP contribution in [0.25, 0.3) is 10.9 Å². The number of fused-ring (bicyclic) bond motifs is 1. The zero-order valence-electron chi connectivity index (χ0n) is 16.8. The van der Waals surface area contributed by atoms with Crippen LogP contribution in [-0.2, 0) is 14.3 Å². The monoisotopic (exact) mass is 422 g/mol. The zero-order chi connectivity index (χ0) is 21.3. The normalized spacial score (nSPS) is 17.3. The van der Waals surface area contributed by atoms with Crippen molar-refractivity contribution < 1.29 is 19.1 Å². The average Bonchev–Trinajstić information content (AvgIpc) is 3.37. The molecule has 1 saturated heterocycles. The standard InChI is InChI=1S/C23H22N2O4S/c1-14(22(27)19-12-24-20-9-4-3-8-18(19)20)29-23(28)15-10-21(26)25(13-15)16-6-5-7-17(11-16)30-2/h3-9,11-12,14-15,24H,10,13H2,1-2H3/t14-,15-/m1/s1. The third-order valence-corrected chi connectivity index (χ3v) is 6.07. The van der Waals surface area contributed by atoms with Crippen LogP contribution in [0.5, 0.6) is 0 Å². The van der Waals surface area contributed by atoms with Gasteiger partial charge in [0.15, 0.2) is 6.10 Å². The topological polar surface area (TPSA) is 79.5 Å². The number of ether oxygens (including phenoxy) is 1. The summed E-state index contributed by atoms with van der Waals surface area (Å²) in [6.45, 7) is 1.82. The molecule has 1 aromatic heterocycles. The first kappa shape index (κ1) is 20.2. The van der Waals surface area contributed by atoms with Gasteiger partial charge in [-0.3, -0.25) is 14.4 Å². The molecular weight excluding hydrogens is 400 g/mol. The minimum atomic E-state index is -0.930. The largest absolute Gasteiger partial charge is 0.454 e. The Morgan fingerprint density at radius 2 is 2.00 bits per heavy atom. The minimum Gasteiger partial charge on any atom is -0.454 e. The second-order valence-corrected chi connectivity index (χ2v) is 8.18. The number of carbonyl (C=O) groups excluding carboxylic acids is 3. The number of benzene rings is 2. The Bertz CT molecular complexity index is 1120. The van der Waals surface area contributed by atoms with Crippen LogP contribution in [0.3, 0.4) is 0 Å². The number of aromatic amines is 1. The fraction of sp³-hybridized carbons (Fsp3) is 0.261. The number of carbonyl (C=O) groups is 3. The van der Waals surface area contributed by atoms with E-state index in [0.29, 0.717) is 5.56 Å². The Hall–Kier alpha value is -3.06. The summed E-state index contributed by atoms with van der Waals surface area (Å²) in [6.07, 6.45) is 2.76. The van der Waals surface area contributed by atoms with E-state index in [1.807, 2.05) is 54.8 Å². The summed E-state index contributed by atoms with van der Waals surface area (Å²) in [5, 5.41) is 0.793. The van der Waals surface area contributed by atoms with E-state index in [4.69, 9.17) is 4.74 Å². The van der Waals surface area contributed by atoms with Crippen molar-refractivity contribution in [1.29, 1.82) is 0 Å². The lowest BCUT2D eigenvalue weighted by atomic mass is 10.1. The Balaban J connectivity index is 1.43. The van der Waals surface area contributed by atoms with E-state index >= 15 is 0 Å². The Morgan fingerprint density at radius 1 is 1.20 bits per heavy atom. The summed E-state index contributed by atoms with van der Waals surface area (Å²) < 4.78 is 5.46. The molecule has 1 N–H and O–H groups in total. The number of aromatic nitrogens is 1. The number of ketones is 1. The number of Topliss-reactive ketones (excluding diaryl/α,β-unsaturated/α-hetero) is 1. The molecule has 1 amide bonds. The number of hydrogen-bond acceptors (Lipinski definition) is 5. The fourth-order valence-electron chi connectivity index (χ4n) is 3.71. The SMILES string of the molecule is CSc1cccc(N2C[C@H](C(=O)O[C@H](C)C(=O)c3c[nH]c4ccccc34)CC2=O)c1. The molecule has 0 unspecified atom stereocenters. The van der Waals surface area contributed by atoms with E-state index in [-0.39, 0.29) is 24.7 Å². The number of rotatable bonds is 6. The van der Waals surface area contributed by atoms with Crippen LogP contribution in [0.2, 0.25) is 0 Å². The van der Waals surface area contributed by atoms with Crippen LogP contribution in [0.4, 0.5) is 5.69 Å². The lowest BCUT2D eigenvalue weighted by molar-refractivity contribution is -0.151. The molecule has 6 nitrogen and oxygen atoms in total. The summed E-state index contributed by atoms with van der Waals surface area (Å²) >= 11 is 1.59. The van der Waals surface area contributed by atoms with Crippen LogP contribution in [0.15, 0.2) is 59.6 Å². The molecule has 1 aliphatic heterocycles. The van der Waals surface area contributed by atoms with E-state index in [0.717, 1.165) is 21.5 Å². The molecule has 1 aliphatic rings. The van der Waals surface area contributed by atoms with Gasteiger partial charge in [-0.1, -0.05) is 24.3 Å². The van der Waals surface area contributed by atoms with Crippen molar-refractivity contribution in [3.8, 4) is 0 Å². The number of thioether (sulfide) groups is 1. The van der Waals surface area contributed by atoms with Gasteiger partial charge in [0.2, 0.25) is 11.7 Å². The maximum Gasteiger partial charge on any atom is 0.312 e. The fourth-order valence-corrected chi connectivity index (χ4v) is 4.16. The number of nitrogens with one attached hydrogen (secondary N) is 1. The van der Waals surface area contributed by atoms with Crippen molar-refractivity contribution in [2.24, 2.45) is 5.92 Å². The molecule has 2 aromatic carbocycles. The molecule has 1 fully saturated rings. The van der Waals surface area contributed by atoms with Crippen LogP contribution in [-0.4, -0.2) is 41.5 Å². The average molecular weight is 423 g/mol. The molecule has 2 atom stereocenters. The van der Waals surface area contributed by atoms with Crippen LogP contribution < -0.4 is 4.90 Å². The summed E-state index contributed by atoms with van der Waals surface area (Å²) in [5.74, 6) is -1.50. The number of nitrogens with zero attached hydrogens (tertiary/aromatic N) is 1. The van der Waals surface area contributed by atoms with Gasteiger partial charge < -0.3 is 14.6 Å². The molecule has 0 radical (unpaired) electrons. The first-order valence-corrected chi connectivity index (χ1v) is 11.0. The Morgan fingerprint density at radius 3 is 2.80 bits per heavy atom. The Kier molecular flexibility index (Phi) is 5.63. The molecule has 0 bridgehead atoms. The van der Waals surface area contributed by atoms with Crippen LogP contribution in [0, 0.1) is 5.92 Å². The maximum atomic E-state index is 12.8. The molecule has 154 valence electrons. The first-order valence-electron chi connectivity index (χ1n) is 9.73. The number of amides is 1. The number of H-pyrrole nitrogens is 1. The van der Waals surface area contributed by atoms with Gasteiger partial charge in [0.05, 0.1) is 5.92 Å². The minimum absolute atomic E-state index is 0.0797. The third-order valence-electron chi connectivity index (χ3n) is 5.34. The molecule has 4 rings (SSSR count). The quantitative estimate of drug-likeness (QED) is 0.368. The second kappa shape index (κ2) is 8.36. The van der Waals surface area contributed by atoms with Crippen molar-refractivity contribution in [1.82, 2.24) is 4.98 Å². The van der Waals surface area contributed by atoms with Crippen molar-refractivity contribution >= 4 is 46.0 Å². The van der Waals surface area contributed by atoms with Gasteiger partial charge >= 0.3 is 5.97 Å². The zero-order valence-corrected chi connectivity index (χ0v) is 17.6. The predicted molar refractivity (Wildman–Crippen MR) is 117 cm³/mol. The number of anilines is 1. The summed E-state index contributed by atoms with van der Waals surface area (Å²) in [6, 6.07) is 15.1. The van der Waals surface area contributed by atoms with Crippen LogP contribution in [0.1, 0.15) is 23.7 Å². The van der Waals surface area contributed by atoms with Crippen molar-refractivity contribution in [3.63, 3.8) is 0 Å². The smallest absolute Gasteiger partial charge is 0.312 e. The third kappa shape index (κ3) is 3.85. The lowest BCUT2D eigenvalue weighted by Crippen LogP contribution is -2.30. The molecular formula is C23H22N2O4S. The Labute approximate surface area is 178 Å². The highest BCUT2D eigenvalue weighted by Crippen LogP contribution is 2.29. The van der Waals surface area contributed by atoms with E-state index in [1.54, 1.807) is 29.8 Å². The molecule has 0 aliphatic carbocycles. The van der Waals surface area contributed by atoms with Gasteiger partial charge in [0, 0.05) is 46.2 Å². The predicted octanol–water partition coefficient (Wildman–Crippen LogP) is 4.06. The highest BCUT2D eigenvalue weighted by atomic mass is 32.2. The van der Waals surface area contributed by atoms with Crippen molar-refractivity contribution in [2.45, 2.75) is 24.3 Å². The van der Waals surface area contributed by atoms with E-state index in [9.17, 15) is 14.4 Å². The summed E-state index contributed by atoms with van der Waals surface area (Å²) in [5.41, 5.74) is 2.11. The second-order valence-electron chi connectivity index (χ2n) is 7.30. The van der Waals surface area contributed by atoms with E-state index in [1.165, 1.54) is 0 Å². The molecule has 0 saturated carbocycles. The first-order chi connectivity index (χ1) is 14.5. The molecule has 30 heavy (non-hydrogen) atoms. The van der Waals surface area contributed by atoms with Gasteiger partial charge in [-0.2, -0.15) is 0 Å². The van der Waals surface area contributed by atoms with E-state index in [2.05, 4.69) is 4.98 Å². The highest BCUT2D eigenvalue weighted by Gasteiger charge is 2.37. The van der Waals surface area contributed by atoms with Crippen LogP contribution >= 0.6 is 11.8 Å². The van der Waals surface area contributed by atoms with Gasteiger partial charge in [-0.05, 0) is 37.4 Å². The van der Waals surface area contributed by atoms with Crippen molar-refractivity contribution in [3.05, 3.63) is 60.3 Å².